The molecule has 1 aliphatic rings. The van der Waals surface area contributed by atoms with Crippen LogP contribution in [0.1, 0.15) is 41.4 Å². The van der Waals surface area contributed by atoms with Crippen molar-refractivity contribution >= 4 is 34.4 Å². The van der Waals surface area contributed by atoms with E-state index < -0.39 is 0 Å². The van der Waals surface area contributed by atoms with Crippen LogP contribution in [0.5, 0.6) is 0 Å². The highest BCUT2D eigenvalue weighted by Crippen LogP contribution is 2.32. The lowest BCUT2D eigenvalue weighted by atomic mass is 10.0. The maximum absolute atomic E-state index is 12.6. The minimum atomic E-state index is -0.257. The molecular formula is C18H21ClN2O3. The van der Waals surface area contributed by atoms with Gasteiger partial charge < -0.3 is 14.6 Å². The molecule has 0 aliphatic carbocycles. The first kappa shape index (κ1) is 16.8. The normalized spacial score (nSPS) is 18.0. The van der Waals surface area contributed by atoms with Gasteiger partial charge in [0.15, 0.2) is 11.3 Å². The minimum absolute atomic E-state index is 0.0381. The van der Waals surface area contributed by atoms with Gasteiger partial charge in [-0.15, -0.1) is 0 Å². The van der Waals surface area contributed by atoms with Crippen molar-refractivity contribution in [3.05, 3.63) is 34.0 Å². The average molecular weight is 349 g/mol. The first-order valence-corrected chi connectivity index (χ1v) is 8.50. The van der Waals surface area contributed by atoms with E-state index in [9.17, 15) is 9.59 Å². The number of carbonyl (C=O) groups is 2. The van der Waals surface area contributed by atoms with Crippen molar-refractivity contribution in [3.8, 4) is 0 Å². The summed E-state index contributed by atoms with van der Waals surface area (Å²) in [5.74, 6) is 0.0707. The Morgan fingerprint density at radius 2 is 2.08 bits per heavy atom. The van der Waals surface area contributed by atoms with Crippen molar-refractivity contribution in [3.63, 3.8) is 0 Å². The Balaban J connectivity index is 1.83. The molecular weight excluding hydrogens is 328 g/mol. The zero-order valence-electron chi connectivity index (χ0n) is 14.1. The highest BCUT2D eigenvalue weighted by molar-refractivity contribution is 6.35. The second-order valence-electron chi connectivity index (χ2n) is 6.46. The molecule has 0 bridgehead atoms. The molecule has 0 spiro atoms. The lowest BCUT2D eigenvalue weighted by Crippen LogP contribution is -2.49. The Bertz CT molecular complexity index is 812. The number of benzene rings is 1. The summed E-state index contributed by atoms with van der Waals surface area (Å²) < 4.78 is 5.74. The molecule has 1 saturated heterocycles. The van der Waals surface area contributed by atoms with Crippen molar-refractivity contribution in [1.82, 2.24) is 10.2 Å². The zero-order valence-corrected chi connectivity index (χ0v) is 14.9. The van der Waals surface area contributed by atoms with E-state index in [0.29, 0.717) is 17.2 Å². The maximum Gasteiger partial charge on any atom is 0.287 e. The summed E-state index contributed by atoms with van der Waals surface area (Å²) in [6.07, 6.45) is 1.74. The predicted molar refractivity (Wildman–Crippen MR) is 93.4 cm³/mol. The summed E-state index contributed by atoms with van der Waals surface area (Å²) in [5, 5.41) is 4.35. The van der Waals surface area contributed by atoms with Crippen molar-refractivity contribution in [2.24, 2.45) is 0 Å². The van der Waals surface area contributed by atoms with E-state index in [1.165, 1.54) is 0 Å². The summed E-state index contributed by atoms with van der Waals surface area (Å²) in [6.45, 7) is 6.66. The van der Waals surface area contributed by atoms with Crippen LogP contribution >= 0.6 is 11.6 Å². The fourth-order valence-corrected chi connectivity index (χ4v) is 3.57. The molecule has 1 fully saturated rings. The van der Waals surface area contributed by atoms with Crippen molar-refractivity contribution < 1.29 is 14.0 Å². The Kier molecular flexibility index (Phi) is 4.54. The number of nitrogens with one attached hydrogen (secondary N) is 1. The molecule has 5 nitrogen and oxygen atoms in total. The van der Waals surface area contributed by atoms with Gasteiger partial charge in [0, 0.05) is 37.0 Å². The van der Waals surface area contributed by atoms with Crippen LogP contribution in [0.3, 0.4) is 0 Å². The smallest absolute Gasteiger partial charge is 0.287 e. The van der Waals surface area contributed by atoms with Crippen LogP contribution in [0.15, 0.2) is 16.5 Å². The standard InChI is InChI=1S/C18H21ClN2O3/c1-10-7-14-11(2)16(24-17(14)15(19)8-10)18(23)20-13-5-4-6-21(9-13)12(3)22/h7-8,13H,4-6,9H2,1-3H3,(H,20,23). The summed E-state index contributed by atoms with van der Waals surface area (Å²) >= 11 is 6.23. The van der Waals surface area contributed by atoms with Gasteiger partial charge in [-0.2, -0.15) is 0 Å². The summed E-state index contributed by atoms with van der Waals surface area (Å²) in [4.78, 5) is 25.9. The molecule has 3 rings (SSSR count). The lowest BCUT2D eigenvalue weighted by Gasteiger charge is -2.32. The average Bonchev–Trinajstić information content (AvgIpc) is 2.85. The Labute approximate surface area is 145 Å². The molecule has 1 N–H and O–H groups in total. The number of piperidine rings is 1. The highest BCUT2D eigenvalue weighted by atomic mass is 35.5. The van der Waals surface area contributed by atoms with Gasteiger partial charge in [0.25, 0.3) is 5.91 Å². The molecule has 0 radical (unpaired) electrons. The van der Waals surface area contributed by atoms with E-state index in [-0.39, 0.29) is 23.6 Å². The van der Waals surface area contributed by atoms with Gasteiger partial charge >= 0.3 is 0 Å². The van der Waals surface area contributed by atoms with Crippen molar-refractivity contribution in [2.75, 3.05) is 13.1 Å². The van der Waals surface area contributed by atoms with E-state index in [1.807, 2.05) is 26.0 Å². The van der Waals surface area contributed by atoms with Gasteiger partial charge in [0.1, 0.15) is 0 Å². The zero-order chi connectivity index (χ0) is 17.4. The molecule has 1 aromatic carbocycles. The van der Waals surface area contributed by atoms with E-state index in [0.717, 1.165) is 35.9 Å². The number of rotatable bonds is 2. The first-order chi connectivity index (χ1) is 11.4. The second kappa shape index (κ2) is 6.48. The number of fused-ring (bicyclic) bond motifs is 1. The summed E-state index contributed by atoms with van der Waals surface area (Å²) in [5.41, 5.74) is 2.35. The van der Waals surface area contributed by atoms with Gasteiger partial charge in [0.2, 0.25) is 5.91 Å². The van der Waals surface area contributed by atoms with Gasteiger partial charge in [-0.1, -0.05) is 11.6 Å². The molecule has 2 amide bonds. The van der Waals surface area contributed by atoms with E-state index in [1.54, 1.807) is 11.8 Å². The predicted octanol–water partition coefficient (Wildman–Crippen LogP) is 3.44. The molecule has 24 heavy (non-hydrogen) atoms. The number of aryl methyl sites for hydroxylation is 2. The number of halogens is 1. The quantitative estimate of drug-likeness (QED) is 0.904. The molecule has 1 unspecified atom stereocenters. The Hall–Kier alpha value is -2.01. The van der Waals surface area contributed by atoms with E-state index in [2.05, 4.69) is 5.32 Å². The first-order valence-electron chi connectivity index (χ1n) is 8.12. The lowest BCUT2D eigenvalue weighted by molar-refractivity contribution is -0.130. The molecule has 128 valence electrons. The molecule has 1 aromatic heterocycles. The molecule has 2 heterocycles. The fourth-order valence-electron chi connectivity index (χ4n) is 3.26. The van der Waals surface area contributed by atoms with E-state index >= 15 is 0 Å². The summed E-state index contributed by atoms with van der Waals surface area (Å²) in [6, 6.07) is 3.73. The number of carbonyl (C=O) groups excluding carboxylic acids is 2. The number of likely N-dealkylation sites (tertiary alicyclic amines) is 1. The molecule has 1 aliphatic heterocycles. The number of hydrogen-bond donors (Lipinski definition) is 1. The number of nitrogens with zero attached hydrogens (tertiary/aromatic N) is 1. The third-order valence-corrected chi connectivity index (χ3v) is 4.83. The van der Waals surface area contributed by atoms with Crippen LogP contribution < -0.4 is 5.32 Å². The van der Waals surface area contributed by atoms with E-state index in [4.69, 9.17) is 16.0 Å². The van der Waals surface area contributed by atoms with Crippen LogP contribution in [0.2, 0.25) is 5.02 Å². The molecule has 1 atom stereocenters. The molecule has 0 saturated carbocycles. The van der Waals surface area contributed by atoms with Gasteiger partial charge in [0.05, 0.1) is 5.02 Å². The number of hydrogen-bond acceptors (Lipinski definition) is 3. The van der Waals surface area contributed by atoms with Crippen molar-refractivity contribution in [1.29, 1.82) is 0 Å². The van der Waals surface area contributed by atoms with Gasteiger partial charge in [-0.3, -0.25) is 9.59 Å². The monoisotopic (exact) mass is 348 g/mol. The van der Waals surface area contributed by atoms with Crippen LogP contribution in [0.25, 0.3) is 11.0 Å². The maximum atomic E-state index is 12.6. The van der Waals surface area contributed by atoms with Crippen LogP contribution in [0.4, 0.5) is 0 Å². The van der Waals surface area contributed by atoms with Crippen LogP contribution in [-0.2, 0) is 4.79 Å². The SMILES string of the molecule is CC(=O)N1CCCC(NC(=O)c2oc3c(Cl)cc(C)cc3c2C)C1. The van der Waals surface area contributed by atoms with Gasteiger partial charge in [-0.05, 0) is 44.4 Å². The Morgan fingerprint density at radius 3 is 2.79 bits per heavy atom. The summed E-state index contributed by atoms with van der Waals surface area (Å²) in [7, 11) is 0. The Morgan fingerprint density at radius 1 is 1.33 bits per heavy atom. The van der Waals surface area contributed by atoms with Gasteiger partial charge in [-0.25, -0.2) is 0 Å². The molecule has 6 heteroatoms. The van der Waals surface area contributed by atoms with Crippen LogP contribution in [-0.4, -0.2) is 35.8 Å². The third-order valence-electron chi connectivity index (χ3n) is 4.54. The minimum Gasteiger partial charge on any atom is -0.449 e. The largest absolute Gasteiger partial charge is 0.449 e. The van der Waals surface area contributed by atoms with Crippen molar-refractivity contribution in [2.45, 2.75) is 39.7 Å². The van der Waals surface area contributed by atoms with Crippen LogP contribution in [0, 0.1) is 13.8 Å². The topological polar surface area (TPSA) is 62.6 Å². The second-order valence-corrected chi connectivity index (χ2v) is 6.86. The molecule has 2 aromatic rings. The third kappa shape index (κ3) is 3.13. The fraction of sp³-hybridized carbons (Fsp3) is 0.444. The number of amides is 2. The highest BCUT2D eigenvalue weighted by Gasteiger charge is 2.26. The number of furan rings is 1.